The fourth-order valence-corrected chi connectivity index (χ4v) is 2.96. The molecule has 0 saturated carbocycles. The molecule has 114 valence electrons. The van der Waals surface area contributed by atoms with Crippen LogP contribution >= 0.6 is 11.8 Å². The minimum absolute atomic E-state index is 0.00335. The molecule has 1 amide bonds. The molecule has 0 aliphatic heterocycles. The summed E-state index contributed by atoms with van der Waals surface area (Å²) in [6.45, 7) is 4.98. The molecule has 0 bridgehead atoms. The zero-order valence-electron chi connectivity index (χ0n) is 12.4. The van der Waals surface area contributed by atoms with Crippen LogP contribution in [0.2, 0.25) is 0 Å². The third kappa shape index (κ3) is 3.98. The van der Waals surface area contributed by atoms with Gasteiger partial charge in [0.25, 0.3) is 0 Å². The van der Waals surface area contributed by atoms with E-state index < -0.39 is 0 Å². The van der Waals surface area contributed by atoms with Crippen molar-refractivity contribution in [2.75, 3.05) is 25.4 Å². The van der Waals surface area contributed by atoms with Gasteiger partial charge in [-0.25, -0.2) is 4.98 Å². The van der Waals surface area contributed by atoms with E-state index in [4.69, 9.17) is 5.11 Å². The Morgan fingerprint density at radius 2 is 2.24 bits per heavy atom. The summed E-state index contributed by atoms with van der Waals surface area (Å²) in [6, 6.07) is 7.90. The molecule has 1 atom stereocenters. The van der Waals surface area contributed by atoms with Gasteiger partial charge in [-0.05, 0) is 26.0 Å². The molecule has 2 rings (SSSR count). The monoisotopic (exact) mass is 307 g/mol. The predicted molar refractivity (Wildman–Crippen MR) is 86.3 cm³/mol. The molecule has 21 heavy (non-hydrogen) atoms. The van der Waals surface area contributed by atoms with Gasteiger partial charge in [-0.3, -0.25) is 4.79 Å². The average molecular weight is 307 g/mol. The third-order valence-electron chi connectivity index (χ3n) is 3.35. The zero-order valence-corrected chi connectivity index (χ0v) is 13.2. The Bertz CT molecular complexity index is 566. The van der Waals surface area contributed by atoms with Crippen molar-refractivity contribution >= 4 is 28.7 Å². The molecule has 1 aromatic heterocycles. The number of benzene rings is 1. The summed E-state index contributed by atoms with van der Waals surface area (Å²) in [6.07, 6.45) is 0. The Hall–Kier alpha value is -1.53. The first-order valence-electron chi connectivity index (χ1n) is 7.10. The second-order valence-electron chi connectivity index (χ2n) is 4.79. The number of likely N-dealkylation sites (N-methyl/N-ethyl adjacent to an activating group) is 1. The number of amides is 1. The minimum atomic E-state index is 0.00335. The summed E-state index contributed by atoms with van der Waals surface area (Å²) in [7, 11) is 0. The van der Waals surface area contributed by atoms with Crippen molar-refractivity contribution in [3.8, 4) is 0 Å². The van der Waals surface area contributed by atoms with E-state index in [-0.39, 0.29) is 17.8 Å². The number of nitrogens with zero attached hydrogens (tertiary/aromatic N) is 2. The van der Waals surface area contributed by atoms with Gasteiger partial charge in [0, 0.05) is 13.1 Å². The molecular formula is C15H21N3O2S. The topological polar surface area (TPSA) is 69.2 Å². The van der Waals surface area contributed by atoms with Gasteiger partial charge >= 0.3 is 0 Å². The number of rotatable bonds is 7. The van der Waals surface area contributed by atoms with Crippen molar-refractivity contribution in [2.24, 2.45) is 0 Å². The quantitative estimate of drug-likeness (QED) is 0.823. The normalized spacial score (nSPS) is 12.5. The number of H-pyrrole nitrogens is 1. The predicted octanol–water partition coefficient (Wildman–Crippen LogP) is 2.20. The van der Waals surface area contributed by atoms with Crippen LogP contribution in [0.5, 0.6) is 0 Å². The van der Waals surface area contributed by atoms with Crippen LogP contribution in [0.1, 0.15) is 24.9 Å². The maximum atomic E-state index is 12.0. The lowest BCUT2D eigenvalue weighted by atomic mass is 10.3. The van der Waals surface area contributed by atoms with Crippen LogP contribution in [0.15, 0.2) is 24.3 Å². The molecule has 0 fully saturated rings. The van der Waals surface area contributed by atoms with E-state index in [0.29, 0.717) is 18.8 Å². The smallest absolute Gasteiger partial charge is 0.232 e. The molecule has 5 nitrogen and oxygen atoms in total. The average Bonchev–Trinajstić information content (AvgIpc) is 2.94. The first-order chi connectivity index (χ1) is 10.2. The largest absolute Gasteiger partial charge is 0.395 e. The lowest BCUT2D eigenvalue weighted by molar-refractivity contribution is -0.128. The van der Waals surface area contributed by atoms with Crippen LogP contribution in [-0.4, -0.2) is 51.3 Å². The molecule has 0 saturated heterocycles. The molecule has 0 aliphatic carbocycles. The van der Waals surface area contributed by atoms with Crippen LogP contribution in [-0.2, 0) is 4.79 Å². The second-order valence-corrected chi connectivity index (χ2v) is 6.12. The summed E-state index contributed by atoms with van der Waals surface area (Å²) in [5.41, 5.74) is 1.96. The van der Waals surface area contributed by atoms with Crippen molar-refractivity contribution in [3.05, 3.63) is 30.1 Å². The lowest BCUT2D eigenvalue weighted by Gasteiger charge is -2.20. The molecule has 0 spiro atoms. The van der Waals surface area contributed by atoms with E-state index in [2.05, 4.69) is 9.97 Å². The number of nitrogens with one attached hydrogen (secondary N) is 1. The van der Waals surface area contributed by atoms with Crippen molar-refractivity contribution in [3.63, 3.8) is 0 Å². The van der Waals surface area contributed by atoms with Gasteiger partial charge in [-0.2, -0.15) is 0 Å². The third-order valence-corrected chi connectivity index (χ3v) is 4.49. The molecule has 6 heteroatoms. The van der Waals surface area contributed by atoms with Gasteiger partial charge < -0.3 is 15.0 Å². The molecule has 1 aromatic carbocycles. The Balaban J connectivity index is 1.94. The summed E-state index contributed by atoms with van der Waals surface area (Å²) in [5.74, 6) is 1.34. The fraction of sp³-hybridized carbons (Fsp3) is 0.467. The van der Waals surface area contributed by atoms with Crippen molar-refractivity contribution < 1.29 is 9.90 Å². The molecular weight excluding hydrogens is 286 g/mol. The Morgan fingerprint density at radius 1 is 1.48 bits per heavy atom. The molecule has 2 N–H and O–H groups in total. The van der Waals surface area contributed by atoms with Gasteiger partial charge in [0.1, 0.15) is 5.82 Å². The maximum Gasteiger partial charge on any atom is 0.232 e. The van der Waals surface area contributed by atoms with Crippen LogP contribution in [0.4, 0.5) is 0 Å². The minimum Gasteiger partial charge on any atom is -0.395 e. The SMILES string of the molecule is CCN(CCO)C(=O)CSC(C)c1nc2ccccc2[nH]1. The number of aromatic nitrogens is 2. The number of thioether (sulfide) groups is 1. The van der Waals surface area contributed by atoms with Crippen molar-refractivity contribution in [2.45, 2.75) is 19.1 Å². The number of imidazole rings is 1. The van der Waals surface area contributed by atoms with Gasteiger partial charge in [0.15, 0.2) is 0 Å². The summed E-state index contributed by atoms with van der Waals surface area (Å²) >= 11 is 1.56. The molecule has 2 aromatic rings. The molecule has 1 unspecified atom stereocenters. The van der Waals surface area contributed by atoms with Gasteiger partial charge in [0.05, 0.1) is 28.6 Å². The summed E-state index contributed by atoms with van der Waals surface area (Å²) in [5, 5.41) is 9.06. The number of hydrogen-bond donors (Lipinski definition) is 2. The van der Waals surface area contributed by atoms with Crippen LogP contribution in [0, 0.1) is 0 Å². The van der Waals surface area contributed by atoms with Crippen LogP contribution < -0.4 is 0 Å². The fourth-order valence-electron chi connectivity index (χ4n) is 2.11. The highest BCUT2D eigenvalue weighted by Crippen LogP contribution is 2.27. The Kier molecular flexibility index (Phi) is 5.64. The van der Waals surface area contributed by atoms with Crippen LogP contribution in [0.3, 0.4) is 0 Å². The molecule has 0 radical (unpaired) electrons. The molecule has 0 aliphatic rings. The number of carbonyl (C=O) groups excluding carboxylic acids is 1. The van der Waals surface area contributed by atoms with E-state index in [1.54, 1.807) is 16.7 Å². The number of aliphatic hydroxyl groups excluding tert-OH is 1. The number of carbonyl (C=O) groups is 1. The Labute approximate surface area is 128 Å². The highest BCUT2D eigenvalue weighted by atomic mass is 32.2. The number of aromatic amines is 1. The first-order valence-corrected chi connectivity index (χ1v) is 8.15. The van der Waals surface area contributed by atoms with E-state index in [0.717, 1.165) is 16.9 Å². The standard InChI is InChI=1S/C15H21N3O2S/c1-3-18(8-9-19)14(20)10-21-11(2)15-16-12-6-4-5-7-13(12)17-15/h4-7,11,19H,3,8-10H2,1-2H3,(H,16,17). The van der Waals surface area contributed by atoms with E-state index in [1.807, 2.05) is 38.1 Å². The zero-order chi connectivity index (χ0) is 15.2. The maximum absolute atomic E-state index is 12.0. The van der Waals surface area contributed by atoms with Crippen molar-refractivity contribution in [1.29, 1.82) is 0 Å². The summed E-state index contributed by atoms with van der Waals surface area (Å²) in [4.78, 5) is 21.5. The summed E-state index contributed by atoms with van der Waals surface area (Å²) < 4.78 is 0. The molecule has 1 heterocycles. The highest BCUT2D eigenvalue weighted by molar-refractivity contribution is 8.00. The van der Waals surface area contributed by atoms with Gasteiger partial charge in [0.2, 0.25) is 5.91 Å². The number of hydrogen-bond acceptors (Lipinski definition) is 4. The van der Waals surface area contributed by atoms with Gasteiger partial charge in [-0.1, -0.05) is 12.1 Å². The van der Waals surface area contributed by atoms with E-state index >= 15 is 0 Å². The highest BCUT2D eigenvalue weighted by Gasteiger charge is 2.16. The lowest BCUT2D eigenvalue weighted by Crippen LogP contribution is -2.34. The number of fused-ring (bicyclic) bond motifs is 1. The second kappa shape index (κ2) is 7.47. The Morgan fingerprint density at radius 3 is 2.90 bits per heavy atom. The van der Waals surface area contributed by atoms with E-state index in [9.17, 15) is 4.79 Å². The van der Waals surface area contributed by atoms with Crippen molar-refractivity contribution in [1.82, 2.24) is 14.9 Å². The number of aliphatic hydroxyl groups is 1. The van der Waals surface area contributed by atoms with Crippen LogP contribution in [0.25, 0.3) is 11.0 Å². The first kappa shape index (κ1) is 15.9. The van der Waals surface area contributed by atoms with Gasteiger partial charge in [-0.15, -0.1) is 11.8 Å². The number of para-hydroxylation sites is 2. The van der Waals surface area contributed by atoms with E-state index in [1.165, 1.54) is 0 Å².